The number of aliphatic hydroxyl groups excluding tert-OH is 1. The molecule has 242 valence electrons. The van der Waals surface area contributed by atoms with E-state index in [0.717, 1.165) is 71.2 Å². The van der Waals surface area contributed by atoms with Gasteiger partial charge in [0.1, 0.15) is 17.6 Å². The number of aliphatic hydroxyl groups is 1. The summed E-state index contributed by atoms with van der Waals surface area (Å²) >= 11 is 3.62. The number of ether oxygens (including phenoxy) is 2. The lowest BCUT2D eigenvalue weighted by Crippen LogP contribution is -2.44. The minimum atomic E-state index is -1.06. The van der Waals surface area contributed by atoms with Gasteiger partial charge in [0.05, 0.1) is 16.4 Å². The number of nitrogens with zero attached hydrogens (tertiary/aromatic N) is 1. The maximum Gasteiger partial charge on any atom is 0.417 e. The lowest BCUT2D eigenvalue weighted by molar-refractivity contribution is -0.155. The van der Waals surface area contributed by atoms with Gasteiger partial charge in [0.25, 0.3) is 0 Å². The van der Waals surface area contributed by atoms with Crippen LogP contribution in [0.4, 0.5) is 4.79 Å². The zero-order valence-electron chi connectivity index (χ0n) is 26.2. The Hall–Kier alpha value is -3.43. The largest absolute Gasteiger partial charge is 0.461 e. The molecule has 45 heavy (non-hydrogen) atoms. The fourth-order valence-corrected chi connectivity index (χ4v) is 6.43. The molecule has 4 atom stereocenters. The third-order valence-corrected chi connectivity index (χ3v) is 8.95. The number of hydrogen-bond acceptors (Lipinski definition) is 7. The Balaban J connectivity index is 1.54. The topological polar surface area (TPSA) is 106 Å². The van der Waals surface area contributed by atoms with E-state index in [9.17, 15) is 14.4 Å². The van der Waals surface area contributed by atoms with Crippen LogP contribution in [0.2, 0.25) is 0 Å². The van der Waals surface area contributed by atoms with E-state index in [4.69, 9.17) is 19.0 Å². The first-order valence-electron chi connectivity index (χ1n) is 16.0. The average molecular weight is 683 g/mol. The number of carbonyl (C=O) groups excluding carboxylic acids is 3. The van der Waals surface area contributed by atoms with E-state index in [1.54, 1.807) is 13.0 Å². The number of unbranched alkanes of at least 4 members (excludes halogenated alkanes) is 7. The molecule has 0 radical (unpaired) electrons. The number of furan rings is 1. The first kappa shape index (κ1) is 34.4. The first-order chi connectivity index (χ1) is 21.8. The van der Waals surface area contributed by atoms with E-state index in [0.29, 0.717) is 12.2 Å². The molecule has 0 spiro atoms. The summed E-state index contributed by atoms with van der Waals surface area (Å²) in [5.41, 5.74) is 1.65. The lowest BCUT2D eigenvalue weighted by atomic mass is 9.90. The van der Waals surface area contributed by atoms with Gasteiger partial charge < -0.3 is 19.0 Å². The van der Waals surface area contributed by atoms with E-state index in [-0.39, 0.29) is 13.0 Å². The second-order valence-corrected chi connectivity index (χ2v) is 12.6. The summed E-state index contributed by atoms with van der Waals surface area (Å²) in [7, 11) is 0. The van der Waals surface area contributed by atoms with Gasteiger partial charge in [0, 0.05) is 20.0 Å². The molecule has 9 heteroatoms. The van der Waals surface area contributed by atoms with Crippen LogP contribution in [-0.4, -0.2) is 40.6 Å². The van der Waals surface area contributed by atoms with Crippen LogP contribution in [0.1, 0.15) is 100 Å². The number of imide groups is 1. The van der Waals surface area contributed by atoms with Crippen molar-refractivity contribution < 1.29 is 33.4 Å². The van der Waals surface area contributed by atoms with Gasteiger partial charge in [-0.15, -0.1) is 0 Å². The molecule has 0 saturated carbocycles. The summed E-state index contributed by atoms with van der Waals surface area (Å²) in [5, 5.41) is 8.92. The third kappa shape index (κ3) is 9.53. The molecule has 8 nitrogen and oxygen atoms in total. The predicted octanol–water partition coefficient (Wildman–Crippen LogP) is 8.27. The number of hydrogen-bond donors (Lipinski definition) is 1. The van der Waals surface area contributed by atoms with Crippen molar-refractivity contribution >= 4 is 33.9 Å². The number of aryl methyl sites for hydroxylation is 1. The summed E-state index contributed by atoms with van der Waals surface area (Å²) in [6.45, 7) is 3.35. The predicted molar refractivity (Wildman–Crippen MR) is 174 cm³/mol. The Bertz CT molecular complexity index is 1380. The highest BCUT2D eigenvalue weighted by Gasteiger charge is 2.48. The van der Waals surface area contributed by atoms with Gasteiger partial charge in [-0.05, 0) is 59.3 Å². The second kappa shape index (κ2) is 17.3. The van der Waals surface area contributed by atoms with Gasteiger partial charge in [-0.1, -0.05) is 99.2 Å². The zero-order valence-corrected chi connectivity index (χ0v) is 27.7. The molecule has 2 amide bonds. The highest BCUT2D eigenvalue weighted by Crippen LogP contribution is 2.39. The second-order valence-electron chi connectivity index (χ2n) is 11.7. The Kier molecular flexibility index (Phi) is 13.3. The molecule has 1 fully saturated rings. The molecule has 0 bridgehead atoms. The average Bonchev–Trinajstić information content (AvgIpc) is 3.55. The normalized spacial score (nSPS) is 17.6. The molecular formula is C36H44BrNO7. The number of cyclic esters (lactones) is 1. The number of rotatable bonds is 17. The van der Waals surface area contributed by atoms with Gasteiger partial charge in [0.2, 0.25) is 5.91 Å². The molecule has 2 aromatic carbocycles. The molecule has 4 rings (SSSR count). The van der Waals surface area contributed by atoms with Crippen LogP contribution in [0.25, 0.3) is 0 Å². The molecule has 1 saturated heterocycles. The number of benzene rings is 2. The molecule has 1 aromatic heterocycles. The molecule has 1 aliphatic rings. The van der Waals surface area contributed by atoms with Crippen molar-refractivity contribution in [3.05, 3.63) is 93.9 Å². The Morgan fingerprint density at radius 1 is 0.933 bits per heavy atom. The standard InChI is InChI=1S/C36H44BrNO7/c1-25-33(28-19-13-10-14-20-28)45-36(42)38(25)35(41)29(23-27-17-11-9-12-18-27)34(43-26(2)40)32-24-30(37)31(44-32)21-15-7-5-3-4-6-8-16-22-39/h9-14,17-20,24-25,29,33-34,39H,3-8,15-16,21-23H2,1-2H3/t25-,29-,33-,34-/m0/s1. The van der Waals surface area contributed by atoms with E-state index < -0.39 is 42.1 Å². The minimum Gasteiger partial charge on any atom is -0.461 e. The number of amides is 2. The van der Waals surface area contributed by atoms with Gasteiger partial charge in [-0.25, -0.2) is 9.69 Å². The summed E-state index contributed by atoms with van der Waals surface area (Å²) in [6.07, 6.45) is 7.06. The van der Waals surface area contributed by atoms with E-state index >= 15 is 0 Å². The molecule has 0 aliphatic carbocycles. The van der Waals surface area contributed by atoms with Crippen LogP contribution in [0.3, 0.4) is 0 Å². The first-order valence-corrected chi connectivity index (χ1v) is 16.8. The number of carbonyl (C=O) groups is 3. The quantitative estimate of drug-likeness (QED) is 0.113. The van der Waals surface area contributed by atoms with E-state index in [1.165, 1.54) is 13.3 Å². The van der Waals surface area contributed by atoms with E-state index in [2.05, 4.69) is 15.9 Å². The molecular weight excluding hydrogens is 638 g/mol. The lowest BCUT2D eigenvalue weighted by Gasteiger charge is -2.29. The summed E-state index contributed by atoms with van der Waals surface area (Å²) < 4.78 is 18.6. The molecule has 1 aliphatic heterocycles. The van der Waals surface area contributed by atoms with Crippen molar-refractivity contribution in [3.8, 4) is 0 Å². The Morgan fingerprint density at radius 3 is 2.16 bits per heavy atom. The van der Waals surface area contributed by atoms with Crippen molar-refractivity contribution in [1.82, 2.24) is 4.90 Å². The molecule has 1 N–H and O–H groups in total. The monoisotopic (exact) mass is 681 g/mol. The van der Waals surface area contributed by atoms with Crippen molar-refractivity contribution in [2.45, 2.75) is 96.3 Å². The zero-order chi connectivity index (χ0) is 32.2. The summed E-state index contributed by atoms with van der Waals surface area (Å²) in [5.74, 6) is -0.913. The van der Waals surface area contributed by atoms with Gasteiger partial charge in [-0.2, -0.15) is 0 Å². The van der Waals surface area contributed by atoms with Gasteiger partial charge >= 0.3 is 12.1 Å². The van der Waals surface area contributed by atoms with E-state index in [1.807, 2.05) is 60.7 Å². The maximum atomic E-state index is 14.4. The molecule has 3 aromatic rings. The maximum absolute atomic E-state index is 14.4. The number of esters is 1. The minimum absolute atomic E-state index is 0.218. The van der Waals surface area contributed by atoms with Crippen LogP contribution in [0, 0.1) is 5.92 Å². The van der Waals surface area contributed by atoms with Crippen LogP contribution < -0.4 is 0 Å². The Morgan fingerprint density at radius 2 is 1.53 bits per heavy atom. The van der Waals surface area contributed by atoms with Crippen molar-refractivity contribution in [2.24, 2.45) is 5.92 Å². The number of halogens is 1. The fraction of sp³-hybridized carbons (Fsp3) is 0.472. The van der Waals surface area contributed by atoms with Gasteiger partial charge in [0.15, 0.2) is 6.10 Å². The smallest absolute Gasteiger partial charge is 0.417 e. The Labute approximate surface area is 274 Å². The van der Waals surface area contributed by atoms with Crippen molar-refractivity contribution in [1.29, 1.82) is 0 Å². The molecule has 2 heterocycles. The van der Waals surface area contributed by atoms with Crippen molar-refractivity contribution in [2.75, 3.05) is 6.61 Å². The summed E-state index contributed by atoms with van der Waals surface area (Å²) in [4.78, 5) is 41.2. The van der Waals surface area contributed by atoms with Gasteiger partial charge in [-0.3, -0.25) is 9.59 Å². The van der Waals surface area contributed by atoms with Crippen LogP contribution in [0.5, 0.6) is 0 Å². The third-order valence-electron chi connectivity index (χ3n) is 8.28. The summed E-state index contributed by atoms with van der Waals surface area (Å²) in [6, 6.07) is 20.0. The highest BCUT2D eigenvalue weighted by atomic mass is 79.9. The van der Waals surface area contributed by atoms with Crippen LogP contribution in [-0.2, 0) is 31.9 Å². The fourth-order valence-electron chi connectivity index (χ4n) is 5.93. The molecule has 0 unspecified atom stereocenters. The SMILES string of the molecule is CC(=O)O[C@H](c1cc(Br)c(CCCCCCCCCCO)o1)[C@H](Cc1ccccc1)C(=O)N1C(=O)O[C@H](c2ccccc2)[C@@H]1C. The van der Waals surface area contributed by atoms with Crippen LogP contribution in [0.15, 0.2) is 75.6 Å². The van der Waals surface area contributed by atoms with Crippen molar-refractivity contribution in [3.63, 3.8) is 0 Å². The highest BCUT2D eigenvalue weighted by molar-refractivity contribution is 9.10. The van der Waals surface area contributed by atoms with Crippen LogP contribution >= 0.6 is 15.9 Å².